The first kappa shape index (κ1) is 21.2. The van der Waals surface area contributed by atoms with Crippen LogP contribution in [0.2, 0.25) is 0 Å². The summed E-state index contributed by atoms with van der Waals surface area (Å²) in [6.45, 7) is 1.41. The van der Waals surface area contributed by atoms with Crippen molar-refractivity contribution in [3.05, 3.63) is 62.3 Å². The van der Waals surface area contributed by atoms with E-state index >= 15 is 0 Å². The first-order valence-corrected chi connectivity index (χ1v) is 9.74. The number of ether oxygens (including phenoxy) is 1. The van der Waals surface area contributed by atoms with Gasteiger partial charge < -0.3 is 10.5 Å². The van der Waals surface area contributed by atoms with Crippen LogP contribution in [0.15, 0.2) is 44.8 Å². The zero-order chi connectivity index (χ0) is 20.7. The molecule has 0 saturated heterocycles. The Balaban J connectivity index is 2.06. The summed E-state index contributed by atoms with van der Waals surface area (Å²) in [5, 5.41) is 0. The van der Waals surface area contributed by atoms with E-state index in [1.54, 1.807) is 17.8 Å². The average Bonchev–Trinajstić information content (AvgIpc) is 2.68. The van der Waals surface area contributed by atoms with E-state index in [0.717, 1.165) is 15.0 Å². The van der Waals surface area contributed by atoms with Crippen molar-refractivity contribution >= 4 is 35.4 Å². The second kappa shape index (κ2) is 9.75. The molecule has 0 bridgehead atoms. The quantitative estimate of drug-likeness (QED) is 0.297. The fourth-order valence-electron chi connectivity index (χ4n) is 2.44. The third-order valence-electron chi connectivity index (χ3n) is 3.84. The molecule has 1 heterocycles. The summed E-state index contributed by atoms with van der Waals surface area (Å²) in [6.07, 6.45) is 5.29. The fraction of sp³-hybridized carbons (Fsp3) is 0.263. The molecule has 0 unspecified atom stereocenters. The molecule has 148 valence electrons. The van der Waals surface area contributed by atoms with Crippen LogP contribution in [0, 0.1) is 0 Å². The number of nitrogens with two attached hydrogens (primary N) is 1. The highest BCUT2D eigenvalue weighted by atomic mass is 32.2. The maximum absolute atomic E-state index is 12.3. The SMILES string of the molecule is CCCn1c(N)c(C(=O)COC(=O)/C=C/c2ccc(SC)cc2)c(=O)[nH]c1=O. The number of nitrogen functional groups attached to an aromatic ring is 1. The molecule has 0 fully saturated rings. The molecule has 2 rings (SSSR count). The molecule has 0 saturated carbocycles. The Labute approximate surface area is 165 Å². The number of benzene rings is 1. The lowest BCUT2D eigenvalue weighted by Gasteiger charge is -2.10. The predicted molar refractivity (Wildman–Crippen MR) is 109 cm³/mol. The van der Waals surface area contributed by atoms with E-state index < -0.39 is 35.2 Å². The number of aromatic amines is 1. The Kier molecular flexibility index (Phi) is 7.39. The van der Waals surface area contributed by atoms with E-state index in [9.17, 15) is 19.2 Å². The van der Waals surface area contributed by atoms with Gasteiger partial charge in [-0.05, 0) is 36.4 Å². The minimum atomic E-state index is -0.902. The fourth-order valence-corrected chi connectivity index (χ4v) is 2.85. The molecule has 0 amide bonds. The Morgan fingerprint density at radius 3 is 2.54 bits per heavy atom. The first-order chi connectivity index (χ1) is 13.4. The maximum Gasteiger partial charge on any atom is 0.331 e. The smallest absolute Gasteiger partial charge is 0.331 e. The van der Waals surface area contributed by atoms with Crippen molar-refractivity contribution in [1.29, 1.82) is 0 Å². The third kappa shape index (κ3) is 5.23. The van der Waals surface area contributed by atoms with Gasteiger partial charge in [0, 0.05) is 17.5 Å². The van der Waals surface area contributed by atoms with E-state index in [-0.39, 0.29) is 12.4 Å². The molecule has 0 aliphatic heterocycles. The summed E-state index contributed by atoms with van der Waals surface area (Å²) >= 11 is 1.61. The van der Waals surface area contributed by atoms with Gasteiger partial charge in [-0.2, -0.15) is 0 Å². The lowest BCUT2D eigenvalue weighted by molar-refractivity contribution is -0.136. The number of hydrogen-bond donors (Lipinski definition) is 2. The summed E-state index contributed by atoms with van der Waals surface area (Å²) < 4.78 is 6.00. The number of nitrogens with zero attached hydrogens (tertiary/aromatic N) is 1. The number of thioether (sulfide) groups is 1. The zero-order valence-electron chi connectivity index (χ0n) is 15.6. The highest BCUT2D eigenvalue weighted by Gasteiger charge is 2.20. The minimum absolute atomic E-state index is 0.235. The van der Waals surface area contributed by atoms with Gasteiger partial charge in [-0.25, -0.2) is 9.59 Å². The minimum Gasteiger partial charge on any atom is -0.454 e. The van der Waals surface area contributed by atoms with Gasteiger partial charge >= 0.3 is 11.7 Å². The third-order valence-corrected chi connectivity index (χ3v) is 4.58. The average molecular weight is 403 g/mol. The first-order valence-electron chi connectivity index (χ1n) is 8.52. The number of esters is 1. The van der Waals surface area contributed by atoms with Gasteiger partial charge in [0.2, 0.25) is 5.78 Å². The Bertz CT molecular complexity index is 1010. The number of anilines is 1. The van der Waals surface area contributed by atoms with Gasteiger partial charge in [0.1, 0.15) is 11.4 Å². The van der Waals surface area contributed by atoms with E-state index in [1.165, 1.54) is 6.08 Å². The molecule has 0 aliphatic rings. The van der Waals surface area contributed by atoms with Crippen LogP contribution in [0.5, 0.6) is 0 Å². The molecule has 2 aromatic rings. The molecule has 0 aliphatic carbocycles. The second-order valence-electron chi connectivity index (χ2n) is 5.81. The molecular weight excluding hydrogens is 382 g/mol. The second-order valence-corrected chi connectivity index (χ2v) is 6.69. The van der Waals surface area contributed by atoms with Crippen molar-refractivity contribution in [3.8, 4) is 0 Å². The normalized spacial score (nSPS) is 10.9. The monoisotopic (exact) mass is 403 g/mol. The lowest BCUT2D eigenvalue weighted by Crippen LogP contribution is -2.37. The van der Waals surface area contributed by atoms with Gasteiger partial charge in [-0.1, -0.05) is 19.1 Å². The Morgan fingerprint density at radius 1 is 1.25 bits per heavy atom. The molecule has 3 N–H and O–H groups in total. The molecular formula is C19H21N3O5S. The summed E-state index contributed by atoms with van der Waals surface area (Å²) in [7, 11) is 0. The van der Waals surface area contributed by atoms with Gasteiger partial charge in [-0.15, -0.1) is 11.8 Å². The van der Waals surface area contributed by atoms with E-state index in [1.807, 2.05) is 37.4 Å². The van der Waals surface area contributed by atoms with Gasteiger partial charge in [-0.3, -0.25) is 19.1 Å². The standard InChI is InChI=1S/C19H21N3O5S/c1-3-10-22-17(20)16(18(25)21-19(22)26)14(23)11-27-15(24)9-6-12-4-7-13(28-2)8-5-12/h4-9H,3,10-11,20H2,1-2H3,(H,21,25,26)/b9-6+. The van der Waals surface area contributed by atoms with Crippen molar-refractivity contribution in [2.24, 2.45) is 0 Å². The number of carbonyl (C=O) groups excluding carboxylic acids is 2. The van der Waals surface area contributed by atoms with Crippen LogP contribution in [0.4, 0.5) is 5.82 Å². The number of H-pyrrole nitrogens is 1. The van der Waals surface area contributed by atoms with Crippen LogP contribution >= 0.6 is 11.8 Å². The number of carbonyl (C=O) groups is 2. The highest BCUT2D eigenvalue weighted by molar-refractivity contribution is 7.98. The lowest BCUT2D eigenvalue weighted by atomic mass is 10.2. The number of aromatic nitrogens is 2. The number of ketones is 1. The van der Waals surface area contributed by atoms with Crippen LogP contribution < -0.4 is 17.0 Å². The van der Waals surface area contributed by atoms with Crippen molar-refractivity contribution < 1.29 is 14.3 Å². The van der Waals surface area contributed by atoms with Crippen molar-refractivity contribution in [2.45, 2.75) is 24.8 Å². The van der Waals surface area contributed by atoms with Crippen LogP contribution in [0.1, 0.15) is 29.3 Å². The number of hydrogen-bond acceptors (Lipinski definition) is 7. The molecule has 1 aromatic heterocycles. The van der Waals surface area contributed by atoms with E-state index in [4.69, 9.17) is 10.5 Å². The van der Waals surface area contributed by atoms with Crippen molar-refractivity contribution in [2.75, 3.05) is 18.6 Å². The van der Waals surface area contributed by atoms with Crippen LogP contribution in [-0.2, 0) is 16.1 Å². The Hall–Kier alpha value is -3.07. The van der Waals surface area contributed by atoms with Gasteiger partial charge in [0.15, 0.2) is 6.61 Å². The molecule has 1 aromatic carbocycles. The molecule has 9 heteroatoms. The highest BCUT2D eigenvalue weighted by Crippen LogP contribution is 2.15. The van der Waals surface area contributed by atoms with Gasteiger partial charge in [0.05, 0.1) is 0 Å². The van der Waals surface area contributed by atoms with Crippen molar-refractivity contribution in [3.63, 3.8) is 0 Å². The van der Waals surface area contributed by atoms with Crippen molar-refractivity contribution in [1.82, 2.24) is 9.55 Å². The largest absolute Gasteiger partial charge is 0.454 e. The topological polar surface area (TPSA) is 124 Å². The number of rotatable bonds is 8. The molecule has 0 radical (unpaired) electrons. The summed E-state index contributed by atoms with van der Waals surface area (Å²) in [5.41, 5.74) is 4.62. The maximum atomic E-state index is 12.3. The molecule has 0 atom stereocenters. The Morgan fingerprint density at radius 2 is 1.93 bits per heavy atom. The van der Waals surface area contributed by atoms with E-state index in [2.05, 4.69) is 4.98 Å². The summed E-state index contributed by atoms with van der Waals surface area (Å²) in [5.74, 6) is -1.75. The van der Waals surface area contributed by atoms with E-state index in [0.29, 0.717) is 6.42 Å². The number of nitrogens with one attached hydrogen (secondary N) is 1. The van der Waals surface area contributed by atoms with Gasteiger partial charge in [0.25, 0.3) is 5.56 Å². The predicted octanol–water partition coefficient (Wildman–Crippen LogP) is 1.69. The van der Waals surface area contributed by atoms with Crippen LogP contribution in [0.25, 0.3) is 6.08 Å². The van der Waals surface area contributed by atoms with Crippen LogP contribution in [-0.4, -0.2) is 34.2 Å². The molecule has 8 nitrogen and oxygen atoms in total. The molecule has 28 heavy (non-hydrogen) atoms. The molecule has 0 spiro atoms. The zero-order valence-corrected chi connectivity index (χ0v) is 16.4. The van der Waals surface area contributed by atoms with Crippen LogP contribution in [0.3, 0.4) is 0 Å². The summed E-state index contributed by atoms with van der Waals surface area (Å²) in [4.78, 5) is 51.0. The summed E-state index contributed by atoms with van der Waals surface area (Å²) in [6, 6.07) is 7.52. The number of Topliss-reactive ketones (excluding diaryl/α,β-unsaturated/α-hetero) is 1.